The molecule has 0 spiro atoms. The van der Waals surface area contributed by atoms with Crippen molar-refractivity contribution in [2.75, 3.05) is 19.6 Å². The van der Waals surface area contributed by atoms with Crippen LogP contribution in [0.1, 0.15) is 46.0 Å². The Morgan fingerprint density at radius 2 is 1.79 bits per heavy atom. The largest absolute Gasteiger partial charge is 0.330 e. The molecule has 0 radical (unpaired) electrons. The van der Waals surface area contributed by atoms with Crippen LogP contribution in [0, 0.1) is 11.3 Å². The third-order valence-corrected chi connectivity index (χ3v) is 4.11. The van der Waals surface area contributed by atoms with Crippen LogP contribution in [-0.2, 0) is 0 Å². The molecule has 0 aliphatic carbocycles. The number of hydrogen-bond acceptors (Lipinski definition) is 2. The predicted molar refractivity (Wildman–Crippen MR) is 62.3 cm³/mol. The van der Waals surface area contributed by atoms with E-state index in [-0.39, 0.29) is 0 Å². The fourth-order valence-electron chi connectivity index (χ4n) is 2.61. The van der Waals surface area contributed by atoms with E-state index in [9.17, 15) is 0 Å². The molecule has 14 heavy (non-hydrogen) atoms. The average Bonchev–Trinajstić information content (AvgIpc) is 2.28. The van der Waals surface area contributed by atoms with E-state index in [1.54, 1.807) is 0 Å². The molecule has 0 unspecified atom stereocenters. The molecule has 0 bridgehead atoms. The van der Waals surface area contributed by atoms with Gasteiger partial charge in [0.15, 0.2) is 0 Å². The first-order valence-corrected chi connectivity index (χ1v) is 6.17. The molecule has 1 heterocycles. The maximum absolute atomic E-state index is 5.93. The fraction of sp³-hybridized carbons (Fsp3) is 1.00. The Morgan fingerprint density at radius 1 is 1.21 bits per heavy atom. The summed E-state index contributed by atoms with van der Waals surface area (Å²) in [6.07, 6.45) is 6.52. The Kier molecular flexibility index (Phi) is 4.90. The SMILES string of the molecule is CCC(CC)(CN)CC1CCNCC1. The monoisotopic (exact) mass is 198 g/mol. The summed E-state index contributed by atoms with van der Waals surface area (Å²) < 4.78 is 0. The van der Waals surface area contributed by atoms with Gasteiger partial charge in [-0.25, -0.2) is 0 Å². The standard InChI is InChI=1S/C12H26N2/c1-3-12(4-2,10-13)9-11-5-7-14-8-6-11/h11,14H,3-10,13H2,1-2H3. The molecule has 0 atom stereocenters. The van der Waals surface area contributed by atoms with Crippen LogP contribution in [0.4, 0.5) is 0 Å². The van der Waals surface area contributed by atoms with Crippen LogP contribution in [0.2, 0.25) is 0 Å². The van der Waals surface area contributed by atoms with Crippen molar-refractivity contribution in [3.8, 4) is 0 Å². The highest BCUT2D eigenvalue weighted by molar-refractivity contribution is 4.82. The van der Waals surface area contributed by atoms with Crippen molar-refractivity contribution >= 4 is 0 Å². The van der Waals surface area contributed by atoms with Crippen LogP contribution in [0.5, 0.6) is 0 Å². The topological polar surface area (TPSA) is 38.0 Å². The van der Waals surface area contributed by atoms with E-state index in [0.29, 0.717) is 5.41 Å². The van der Waals surface area contributed by atoms with Crippen LogP contribution >= 0.6 is 0 Å². The van der Waals surface area contributed by atoms with Crippen molar-refractivity contribution in [2.24, 2.45) is 17.1 Å². The first kappa shape index (κ1) is 12.0. The van der Waals surface area contributed by atoms with Crippen LogP contribution in [0.3, 0.4) is 0 Å². The molecule has 0 amide bonds. The molecule has 0 aromatic heterocycles. The number of nitrogens with one attached hydrogen (secondary N) is 1. The lowest BCUT2D eigenvalue weighted by molar-refractivity contribution is 0.180. The molecule has 1 aliphatic heterocycles. The zero-order valence-corrected chi connectivity index (χ0v) is 9.81. The molecule has 1 saturated heterocycles. The number of hydrogen-bond donors (Lipinski definition) is 2. The van der Waals surface area contributed by atoms with E-state index >= 15 is 0 Å². The first-order chi connectivity index (χ1) is 6.76. The second-order valence-electron chi connectivity index (χ2n) is 4.81. The van der Waals surface area contributed by atoms with Gasteiger partial charge in [-0.15, -0.1) is 0 Å². The van der Waals surface area contributed by atoms with Gasteiger partial charge in [0.25, 0.3) is 0 Å². The Bertz CT molecular complexity index is 138. The quantitative estimate of drug-likeness (QED) is 0.710. The Morgan fingerprint density at radius 3 is 2.21 bits per heavy atom. The summed E-state index contributed by atoms with van der Waals surface area (Å²) in [5.41, 5.74) is 6.36. The van der Waals surface area contributed by atoms with Crippen molar-refractivity contribution in [3.63, 3.8) is 0 Å². The molecule has 84 valence electrons. The van der Waals surface area contributed by atoms with Crippen molar-refractivity contribution in [1.29, 1.82) is 0 Å². The summed E-state index contributed by atoms with van der Waals surface area (Å²) >= 11 is 0. The van der Waals surface area contributed by atoms with Crippen LogP contribution in [0.25, 0.3) is 0 Å². The number of nitrogens with two attached hydrogens (primary N) is 1. The molecular weight excluding hydrogens is 172 g/mol. The van der Waals surface area contributed by atoms with Gasteiger partial charge in [0.1, 0.15) is 0 Å². The molecule has 1 aliphatic rings. The maximum atomic E-state index is 5.93. The average molecular weight is 198 g/mol. The van der Waals surface area contributed by atoms with E-state index in [2.05, 4.69) is 19.2 Å². The molecule has 1 rings (SSSR count). The zero-order chi connectivity index (χ0) is 10.4. The number of piperidine rings is 1. The van der Waals surface area contributed by atoms with Crippen molar-refractivity contribution in [2.45, 2.75) is 46.0 Å². The lowest BCUT2D eigenvalue weighted by Crippen LogP contribution is -2.35. The molecule has 0 saturated carbocycles. The lowest BCUT2D eigenvalue weighted by Gasteiger charge is -2.35. The molecule has 1 fully saturated rings. The number of rotatable bonds is 5. The zero-order valence-electron chi connectivity index (χ0n) is 9.81. The first-order valence-electron chi connectivity index (χ1n) is 6.17. The summed E-state index contributed by atoms with van der Waals surface area (Å²) in [6.45, 7) is 7.86. The van der Waals surface area contributed by atoms with E-state index in [4.69, 9.17) is 5.73 Å². The minimum absolute atomic E-state index is 0.433. The van der Waals surface area contributed by atoms with Gasteiger partial charge in [0.05, 0.1) is 0 Å². The van der Waals surface area contributed by atoms with Gasteiger partial charge in [0, 0.05) is 0 Å². The second kappa shape index (κ2) is 5.72. The van der Waals surface area contributed by atoms with Crippen LogP contribution < -0.4 is 11.1 Å². The van der Waals surface area contributed by atoms with Gasteiger partial charge in [-0.2, -0.15) is 0 Å². The summed E-state index contributed by atoms with van der Waals surface area (Å²) in [7, 11) is 0. The normalized spacial score (nSPS) is 19.9. The van der Waals surface area contributed by atoms with Crippen molar-refractivity contribution in [3.05, 3.63) is 0 Å². The molecule has 0 aromatic carbocycles. The minimum atomic E-state index is 0.433. The Balaban J connectivity index is 2.44. The highest BCUT2D eigenvalue weighted by atomic mass is 14.9. The summed E-state index contributed by atoms with van der Waals surface area (Å²) in [6, 6.07) is 0. The van der Waals surface area contributed by atoms with Gasteiger partial charge in [0.2, 0.25) is 0 Å². The lowest BCUT2D eigenvalue weighted by atomic mass is 9.73. The third-order valence-electron chi connectivity index (χ3n) is 4.11. The summed E-state index contributed by atoms with van der Waals surface area (Å²) in [4.78, 5) is 0. The van der Waals surface area contributed by atoms with Gasteiger partial charge < -0.3 is 11.1 Å². The van der Waals surface area contributed by atoms with Gasteiger partial charge >= 0.3 is 0 Å². The van der Waals surface area contributed by atoms with E-state index < -0.39 is 0 Å². The smallest absolute Gasteiger partial charge is 0.00206 e. The highest BCUT2D eigenvalue weighted by Crippen LogP contribution is 2.35. The second-order valence-corrected chi connectivity index (χ2v) is 4.81. The third kappa shape index (κ3) is 2.96. The van der Waals surface area contributed by atoms with Gasteiger partial charge in [-0.05, 0) is 63.1 Å². The van der Waals surface area contributed by atoms with E-state index in [1.807, 2.05) is 0 Å². The molecule has 3 N–H and O–H groups in total. The highest BCUT2D eigenvalue weighted by Gasteiger charge is 2.28. The van der Waals surface area contributed by atoms with Crippen LogP contribution in [-0.4, -0.2) is 19.6 Å². The van der Waals surface area contributed by atoms with Crippen LogP contribution in [0.15, 0.2) is 0 Å². The molecule has 2 nitrogen and oxygen atoms in total. The van der Waals surface area contributed by atoms with E-state index in [1.165, 1.54) is 45.2 Å². The molecular formula is C12H26N2. The van der Waals surface area contributed by atoms with Crippen molar-refractivity contribution < 1.29 is 0 Å². The maximum Gasteiger partial charge on any atom is -0.00206 e. The Labute approximate surface area is 88.6 Å². The van der Waals surface area contributed by atoms with Gasteiger partial charge in [-0.3, -0.25) is 0 Å². The predicted octanol–water partition coefficient (Wildman–Crippen LogP) is 2.14. The van der Waals surface area contributed by atoms with Crippen molar-refractivity contribution in [1.82, 2.24) is 5.32 Å². The minimum Gasteiger partial charge on any atom is -0.330 e. The Hall–Kier alpha value is -0.0800. The molecule has 2 heteroatoms. The summed E-state index contributed by atoms with van der Waals surface area (Å²) in [5, 5.41) is 3.42. The van der Waals surface area contributed by atoms with E-state index in [0.717, 1.165) is 12.5 Å². The molecule has 0 aromatic rings. The van der Waals surface area contributed by atoms with Gasteiger partial charge in [-0.1, -0.05) is 13.8 Å². The fourth-order valence-corrected chi connectivity index (χ4v) is 2.61. The summed E-state index contributed by atoms with van der Waals surface area (Å²) in [5.74, 6) is 0.916.